The summed E-state index contributed by atoms with van der Waals surface area (Å²) < 4.78 is 29.2. The van der Waals surface area contributed by atoms with Crippen molar-refractivity contribution >= 4 is 34.9 Å². The van der Waals surface area contributed by atoms with Crippen molar-refractivity contribution < 1.29 is 33.0 Å². The monoisotopic (exact) mass is 436 g/mol. The third kappa shape index (κ3) is 5.38. The Morgan fingerprint density at radius 3 is 2.77 bits per heavy atom. The zero-order valence-electron chi connectivity index (χ0n) is 16.1. The number of carbonyl (C=O) groups excluding carboxylic acids is 2. The summed E-state index contributed by atoms with van der Waals surface area (Å²) in [6.45, 7) is 2.70. The first kappa shape index (κ1) is 21.4. The Balaban J connectivity index is 1.47. The average Bonchev–Trinajstić information content (AvgIpc) is 3.17. The molecule has 0 spiro atoms. The van der Waals surface area contributed by atoms with Crippen LogP contribution in [0.4, 0.5) is 10.1 Å². The Bertz CT molecular complexity index is 997. The van der Waals surface area contributed by atoms with Gasteiger partial charge in [-0.3, -0.25) is 4.79 Å². The average molecular weight is 437 g/mol. The van der Waals surface area contributed by atoms with Gasteiger partial charge >= 0.3 is 5.97 Å². The fourth-order valence-electron chi connectivity index (χ4n) is 2.47. The van der Waals surface area contributed by atoms with Gasteiger partial charge in [0, 0.05) is 10.6 Å². The number of nitrogens with one attached hydrogen (secondary N) is 1. The highest BCUT2D eigenvalue weighted by Gasteiger charge is 2.20. The molecule has 1 aliphatic rings. The summed E-state index contributed by atoms with van der Waals surface area (Å²) in [4.78, 5) is 28.9. The molecular weight excluding hydrogens is 419 g/mol. The number of hydrogen-bond donors (Lipinski definition) is 1. The summed E-state index contributed by atoms with van der Waals surface area (Å²) in [6, 6.07) is 9.05. The molecule has 0 saturated heterocycles. The molecule has 0 fully saturated rings. The number of halogens is 2. The predicted octanol–water partition coefficient (Wildman–Crippen LogP) is 3.52. The topological polar surface area (TPSA) is 95.5 Å². The number of ether oxygens (including phenoxy) is 3. The van der Waals surface area contributed by atoms with Gasteiger partial charge in [-0.15, -0.1) is 0 Å². The second-order valence-corrected chi connectivity index (χ2v) is 6.70. The van der Waals surface area contributed by atoms with Gasteiger partial charge in [-0.1, -0.05) is 16.8 Å². The summed E-state index contributed by atoms with van der Waals surface area (Å²) in [6.07, 6.45) is -1.17. The van der Waals surface area contributed by atoms with E-state index in [1.165, 1.54) is 19.1 Å². The van der Waals surface area contributed by atoms with Gasteiger partial charge in [0.05, 0.1) is 11.4 Å². The maximum Gasteiger partial charge on any atom is 0.347 e. The molecular formula is C20H18ClFN2O6. The number of hydrogen-bond acceptors (Lipinski definition) is 7. The molecule has 30 heavy (non-hydrogen) atoms. The van der Waals surface area contributed by atoms with Gasteiger partial charge in [0.1, 0.15) is 5.82 Å². The van der Waals surface area contributed by atoms with Crippen molar-refractivity contribution in [1.82, 2.24) is 0 Å². The zero-order chi connectivity index (χ0) is 21.7. The number of benzene rings is 2. The van der Waals surface area contributed by atoms with Crippen molar-refractivity contribution in [2.75, 3.05) is 18.7 Å². The summed E-state index contributed by atoms with van der Waals surface area (Å²) in [5.74, 6) is -0.979. The van der Waals surface area contributed by atoms with E-state index in [-0.39, 0.29) is 17.5 Å². The Kier molecular flexibility index (Phi) is 6.73. The van der Waals surface area contributed by atoms with Crippen LogP contribution < -0.4 is 14.8 Å². The van der Waals surface area contributed by atoms with Gasteiger partial charge in [0.15, 0.2) is 17.6 Å². The van der Waals surface area contributed by atoms with Crippen LogP contribution >= 0.6 is 11.6 Å². The number of fused-ring (bicyclic) bond motifs is 1. The first-order valence-electron chi connectivity index (χ1n) is 8.85. The molecule has 0 aliphatic carbocycles. The van der Waals surface area contributed by atoms with Crippen LogP contribution in [-0.4, -0.2) is 37.1 Å². The summed E-state index contributed by atoms with van der Waals surface area (Å²) in [7, 11) is 0. The second kappa shape index (κ2) is 9.45. The lowest BCUT2D eigenvalue weighted by Crippen LogP contribution is -2.31. The van der Waals surface area contributed by atoms with Gasteiger partial charge < -0.3 is 24.4 Å². The van der Waals surface area contributed by atoms with Crippen LogP contribution in [0.25, 0.3) is 0 Å². The molecule has 3 rings (SSSR count). The highest BCUT2D eigenvalue weighted by atomic mass is 35.5. The molecule has 0 saturated carbocycles. The Hall–Kier alpha value is -3.33. The molecule has 158 valence electrons. The smallest absolute Gasteiger partial charge is 0.347 e. The molecule has 1 aliphatic heterocycles. The van der Waals surface area contributed by atoms with Crippen molar-refractivity contribution in [2.24, 2.45) is 5.16 Å². The molecule has 0 aromatic heterocycles. The van der Waals surface area contributed by atoms with E-state index >= 15 is 0 Å². The lowest BCUT2D eigenvalue weighted by molar-refractivity contribution is -0.157. The Labute approximate surface area is 176 Å². The number of esters is 1. The molecule has 1 atom stereocenters. The minimum Gasteiger partial charge on any atom is -0.454 e. The molecule has 10 heteroatoms. The number of rotatable bonds is 7. The molecule has 1 unspecified atom stereocenters. The fraction of sp³-hybridized carbons (Fsp3) is 0.250. The molecule has 2 aromatic rings. The number of amides is 1. The summed E-state index contributed by atoms with van der Waals surface area (Å²) in [5.41, 5.74) is 1.16. The highest BCUT2D eigenvalue weighted by molar-refractivity contribution is 6.30. The molecule has 1 amide bonds. The molecule has 1 N–H and O–H groups in total. The summed E-state index contributed by atoms with van der Waals surface area (Å²) in [5, 5.41) is 6.37. The van der Waals surface area contributed by atoms with Crippen molar-refractivity contribution in [3.63, 3.8) is 0 Å². The fourth-order valence-corrected chi connectivity index (χ4v) is 2.62. The van der Waals surface area contributed by atoms with E-state index in [0.29, 0.717) is 17.2 Å². The van der Waals surface area contributed by atoms with E-state index in [1.807, 2.05) is 0 Å². The van der Waals surface area contributed by atoms with E-state index in [0.717, 1.165) is 11.6 Å². The van der Waals surface area contributed by atoms with Gasteiger partial charge in [-0.05, 0) is 50.2 Å². The van der Waals surface area contributed by atoms with Gasteiger partial charge in [0.2, 0.25) is 13.4 Å². The van der Waals surface area contributed by atoms with Crippen molar-refractivity contribution in [3.8, 4) is 11.5 Å². The number of anilines is 1. The first-order valence-corrected chi connectivity index (χ1v) is 9.23. The molecule has 0 radical (unpaired) electrons. The van der Waals surface area contributed by atoms with E-state index in [1.54, 1.807) is 25.1 Å². The molecule has 2 aromatic carbocycles. The first-order chi connectivity index (χ1) is 14.3. The largest absolute Gasteiger partial charge is 0.454 e. The number of oxime groups is 1. The van der Waals surface area contributed by atoms with Crippen molar-refractivity contribution in [3.05, 3.63) is 52.8 Å². The number of carbonyl (C=O) groups is 2. The van der Waals surface area contributed by atoms with Crippen LogP contribution in [0.3, 0.4) is 0 Å². The van der Waals surface area contributed by atoms with E-state index < -0.39 is 30.4 Å². The van der Waals surface area contributed by atoms with Gasteiger partial charge in [-0.25, -0.2) is 9.18 Å². The van der Waals surface area contributed by atoms with Crippen LogP contribution in [0.1, 0.15) is 19.4 Å². The van der Waals surface area contributed by atoms with Crippen LogP contribution in [0, 0.1) is 5.82 Å². The lowest BCUT2D eigenvalue weighted by Gasteiger charge is -2.13. The van der Waals surface area contributed by atoms with Crippen molar-refractivity contribution in [1.29, 1.82) is 0 Å². The van der Waals surface area contributed by atoms with Crippen LogP contribution in [0.2, 0.25) is 5.02 Å². The van der Waals surface area contributed by atoms with Crippen LogP contribution in [0.5, 0.6) is 11.5 Å². The zero-order valence-corrected chi connectivity index (χ0v) is 16.9. The van der Waals surface area contributed by atoms with E-state index in [4.69, 9.17) is 30.6 Å². The normalized spacial score (nSPS) is 13.5. The van der Waals surface area contributed by atoms with Gasteiger partial charge in [0.25, 0.3) is 5.91 Å². The standard InChI is InChI=1S/C20H18ClFN2O6/c1-11(13-3-6-17-18(7-13)28-10-27-17)24-29-9-19(25)30-12(2)20(26)23-16-5-4-14(21)8-15(16)22/h3-8,12H,9-10H2,1-2H3,(H,23,26)/b24-11+. The minimum atomic E-state index is -1.17. The molecule has 1 heterocycles. The third-order valence-corrected chi connectivity index (χ3v) is 4.28. The third-order valence-electron chi connectivity index (χ3n) is 4.04. The molecule has 0 bridgehead atoms. The molecule has 8 nitrogen and oxygen atoms in total. The van der Waals surface area contributed by atoms with Gasteiger partial charge in [-0.2, -0.15) is 0 Å². The van der Waals surface area contributed by atoms with Crippen LogP contribution in [-0.2, 0) is 19.2 Å². The lowest BCUT2D eigenvalue weighted by atomic mass is 10.1. The maximum absolute atomic E-state index is 13.7. The van der Waals surface area contributed by atoms with E-state index in [2.05, 4.69) is 10.5 Å². The highest BCUT2D eigenvalue weighted by Crippen LogP contribution is 2.32. The Morgan fingerprint density at radius 2 is 2.00 bits per heavy atom. The Morgan fingerprint density at radius 1 is 1.23 bits per heavy atom. The minimum absolute atomic E-state index is 0.0764. The van der Waals surface area contributed by atoms with Crippen molar-refractivity contribution in [2.45, 2.75) is 20.0 Å². The van der Waals surface area contributed by atoms with Crippen LogP contribution in [0.15, 0.2) is 41.6 Å². The van der Waals surface area contributed by atoms with E-state index in [9.17, 15) is 14.0 Å². The summed E-state index contributed by atoms with van der Waals surface area (Å²) >= 11 is 5.66. The predicted molar refractivity (Wildman–Crippen MR) is 106 cm³/mol. The number of nitrogens with zero attached hydrogens (tertiary/aromatic N) is 1. The quantitative estimate of drug-likeness (QED) is 0.405. The second-order valence-electron chi connectivity index (χ2n) is 6.26. The maximum atomic E-state index is 13.7. The SMILES string of the molecule is C/C(=N\OCC(=O)OC(C)C(=O)Nc1ccc(Cl)cc1F)c1ccc2c(c1)OCO2.